The summed E-state index contributed by atoms with van der Waals surface area (Å²) in [6.07, 6.45) is 10.4. The molecule has 0 saturated heterocycles. The van der Waals surface area contributed by atoms with Gasteiger partial charge in [0, 0.05) is 12.7 Å². The lowest BCUT2D eigenvalue weighted by atomic mass is 10.1. The van der Waals surface area contributed by atoms with E-state index in [2.05, 4.69) is 6.92 Å². The smallest absolute Gasteiger partial charge is 0.328 e. The average Bonchev–Trinajstić information content (AvgIpc) is 2.49. The number of carbonyl (C=O) groups is 1. The summed E-state index contributed by atoms with van der Waals surface area (Å²) in [4.78, 5) is 10.4. The highest BCUT2D eigenvalue weighted by Crippen LogP contribution is 2.09. The van der Waals surface area contributed by atoms with Crippen molar-refractivity contribution in [3.8, 4) is 0 Å². The molecule has 0 fully saturated rings. The first-order chi connectivity index (χ1) is 10.2. The van der Waals surface area contributed by atoms with Crippen molar-refractivity contribution in [1.29, 1.82) is 0 Å². The van der Waals surface area contributed by atoms with Crippen LogP contribution in [0.2, 0.25) is 0 Å². The predicted molar refractivity (Wildman–Crippen MR) is 86.1 cm³/mol. The topological polar surface area (TPSA) is 46.5 Å². The molecule has 0 aliphatic rings. The molecule has 0 aliphatic heterocycles. The van der Waals surface area contributed by atoms with Crippen LogP contribution in [0, 0.1) is 0 Å². The van der Waals surface area contributed by atoms with E-state index in [1.165, 1.54) is 32.1 Å². The Morgan fingerprint density at radius 2 is 1.76 bits per heavy atom. The van der Waals surface area contributed by atoms with E-state index in [4.69, 9.17) is 9.84 Å². The molecule has 0 aromatic heterocycles. The molecular formula is C18H26O3. The maximum Gasteiger partial charge on any atom is 0.328 e. The van der Waals surface area contributed by atoms with Gasteiger partial charge in [0.25, 0.3) is 0 Å². The largest absolute Gasteiger partial charge is 0.478 e. The van der Waals surface area contributed by atoms with Crippen molar-refractivity contribution >= 4 is 12.0 Å². The van der Waals surface area contributed by atoms with Crippen LogP contribution in [0.25, 0.3) is 6.08 Å². The van der Waals surface area contributed by atoms with Crippen molar-refractivity contribution < 1.29 is 14.6 Å². The van der Waals surface area contributed by atoms with E-state index in [1.807, 2.05) is 24.3 Å². The molecule has 0 bridgehead atoms. The van der Waals surface area contributed by atoms with E-state index >= 15 is 0 Å². The number of carboxylic acids is 1. The average molecular weight is 290 g/mol. The lowest BCUT2D eigenvalue weighted by molar-refractivity contribution is -0.131. The molecule has 1 N–H and O–H groups in total. The van der Waals surface area contributed by atoms with Crippen LogP contribution in [0.1, 0.15) is 56.6 Å². The van der Waals surface area contributed by atoms with E-state index in [0.717, 1.165) is 30.2 Å². The Labute approximate surface area is 127 Å². The number of rotatable bonds is 11. The van der Waals surface area contributed by atoms with Crippen LogP contribution in [-0.2, 0) is 16.1 Å². The van der Waals surface area contributed by atoms with Gasteiger partial charge in [0.1, 0.15) is 0 Å². The normalized spacial score (nSPS) is 11.1. The molecule has 0 amide bonds. The van der Waals surface area contributed by atoms with Crippen molar-refractivity contribution in [2.75, 3.05) is 6.61 Å². The molecule has 1 aromatic rings. The maximum absolute atomic E-state index is 10.4. The zero-order valence-corrected chi connectivity index (χ0v) is 12.9. The summed E-state index contributed by atoms with van der Waals surface area (Å²) >= 11 is 0. The molecule has 0 radical (unpaired) electrons. The number of hydrogen-bond acceptors (Lipinski definition) is 2. The Morgan fingerprint density at radius 1 is 1.10 bits per heavy atom. The van der Waals surface area contributed by atoms with Crippen LogP contribution in [0.3, 0.4) is 0 Å². The van der Waals surface area contributed by atoms with Gasteiger partial charge in [-0.3, -0.25) is 0 Å². The van der Waals surface area contributed by atoms with Crippen LogP contribution < -0.4 is 0 Å². The minimum atomic E-state index is -0.929. The number of unbranched alkanes of at least 4 members (excludes halogenated alkanes) is 5. The van der Waals surface area contributed by atoms with Crippen molar-refractivity contribution in [2.45, 2.75) is 52.1 Å². The molecule has 0 aliphatic carbocycles. The van der Waals surface area contributed by atoms with E-state index in [9.17, 15) is 4.79 Å². The van der Waals surface area contributed by atoms with Crippen molar-refractivity contribution in [1.82, 2.24) is 0 Å². The standard InChI is InChI=1S/C18H26O3/c1-2-3-4-5-6-7-14-21-15-17-10-8-16(9-11-17)12-13-18(19)20/h8-13H,2-7,14-15H2,1H3,(H,19,20). The Morgan fingerprint density at radius 3 is 2.43 bits per heavy atom. The molecule has 116 valence electrons. The fourth-order valence-corrected chi connectivity index (χ4v) is 2.07. The maximum atomic E-state index is 10.4. The second-order valence-corrected chi connectivity index (χ2v) is 5.23. The minimum Gasteiger partial charge on any atom is -0.478 e. The summed E-state index contributed by atoms with van der Waals surface area (Å²) in [6.45, 7) is 3.66. The molecule has 0 saturated carbocycles. The van der Waals surface area contributed by atoms with Gasteiger partial charge in [0.15, 0.2) is 0 Å². The van der Waals surface area contributed by atoms with Crippen LogP contribution in [-0.4, -0.2) is 17.7 Å². The molecule has 3 heteroatoms. The molecule has 0 atom stereocenters. The number of hydrogen-bond donors (Lipinski definition) is 1. The van der Waals surface area contributed by atoms with Crippen LogP contribution in [0.15, 0.2) is 30.3 Å². The summed E-state index contributed by atoms with van der Waals surface area (Å²) in [6, 6.07) is 7.76. The predicted octanol–water partition coefficient (Wildman–Crippen LogP) is 4.66. The lowest BCUT2D eigenvalue weighted by Crippen LogP contribution is -1.95. The highest BCUT2D eigenvalue weighted by atomic mass is 16.5. The van der Waals surface area contributed by atoms with E-state index in [-0.39, 0.29) is 0 Å². The lowest BCUT2D eigenvalue weighted by Gasteiger charge is -2.05. The zero-order chi connectivity index (χ0) is 15.3. The van der Waals surface area contributed by atoms with E-state index in [1.54, 1.807) is 6.08 Å². The first-order valence-electron chi connectivity index (χ1n) is 7.80. The second kappa shape index (κ2) is 11.1. The summed E-state index contributed by atoms with van der Waals surface area (Å²) in [5, 5.41) is 8.56. The molecular weight excluding hydrogens is 264 g/mol. The Balaban J connectivity index is 2.14. The van der Waals surface area contributed by atoms with E-state index in [0.29, 0.717) is 6.61 Å². The molecule has 0 heterocycles. The molecule has 1 rings (SSSR count). The third-order valence-corrected chi connectivity index (χ3v) is 3.31. The summed E-state index contributed by atoms with van der Waals surface area (Å²) in [5.41, 5.74) is 2.01. The van der Waals surface area contributed by atoms with Crippen LogP contribution in [0.4, 0.5) is 0 Å². The molecule has 0 spiro atoms. The number of benzene rings is 1. The Bertz CT molecular complexity index is 421. The van der Waals surface area contributed by atoms with Crippen molar-refractivity contribution in [2.24, 2.45) is 0 Å². The quantitative estimate of drug-likeness (QED) is 0.476. The number of aliphatic carboxylic acids is 1. The van der Waals surface area contributed by atoms with E-state index < -0.39 is 5.97 Å². The molecule has 1 aromatic carbocycles. The van der Waals surface area contributed by atoms with Crippen molar-refractivity contribution in [3.05, 3.63) is 41.5 Å². The molecule has 0 unspecified atom stereocenters. The van der Waals surface area contributed by atoms with Gasteiger partial charge < -0.3 is 9.84 Å². The van der Waals surface area contributed by atoms with Gasteiger partial charge in [-0.15, -0.1) is 0 Å². The monoisotopic (exact) mass is 290 g/mol. The highest BCUT2D eigenvalue weighted by Gasteiger charge is 1.95. The van der Waals surface area contributed by atoms with Gasteiger partial charge >= 0.3 is 5.97 Å². The number of carboxylic acid groups (broad SMARTS) is 1. The van der Waals surface area contributed by atoms with Gasteiger partial charge in [-0.05, 0) is 23.6 Å². The second-order valence-electron chi connectivity index (χ2n) is 5.23. The minimum absolute atomic E-state index is 0.623. The zero-order valence-electron chi connectivity index (χ0n) is 12.9. The van der Waals surface area contributed by atoms with Gasteiger partial charge in [-0.25, -0.2) is 4.79 Å². The van der Waals surface area contributed by atoms with Gasteiger partial charge in [0.2, 0.25) is 0 Å². The third kappa shape index (κ3) is 9.03. The summed E-state index contributed by atoms with van der Waals surface area (Å²) < 4.78 is 5.65. The highest BCUT2D eigenvalue weighted by molar-refractivity contribution is 5.85. The summed E-state index contributed by atoms with van der Waals surface area (Å²) in [7, 11) is 0. The summed E-state index contributed by atoms with van der Waals surface area (Å²) in [5.74, 6) is -0.929. The first kappa shape index (κ1) is 17.4. The van der Waals surface area contributed by atoms with Gasteiger partial charge in [-0.2, -0.15) is 0 Å². The SMILES string of the molecule is CCCCCCCCOCc1ccc(C=CC(=O)O)cc1. The van der Waals surface area contributed by atoms with Gasteiger partial charge in [-0.1, -0.05) is 63.3 Å². The van der Waals surface area contributed by atoms with Crippen LogP contribution >= 0.6 is 0 Å². The Hall–Kier alpha value is -1.61. The van der Waals surface area contributed by atoms with Crippen molar-refractivity contribution in [3.63, 3.8) is 0 Å². The fourth-order valence-electron chi connectivity index (χ4n) is 2.07. The third-order valence-electron chi connectivity index (χ3n) is 3.31. The molecule has 3 nitrogen and oxygen atoms in total. The Kier molecular flexibility index (Phi) is 9.21. The van der Waals surface area contributed by atoms with Crippen LogP contribution in [0.5, 0.6) is 0 Å². The number of ether oxygens (including phenoxy) is 1. The molecule has 21 heavy (non-hydrogen) atoms. The fraction of sp³-hybridized carbons (Fsp3) is 0.500. The van der Waals surface area contributed by atoms with Gasteiger partial charge in [0.05, 0.1) is 6.61 Å². The first-order valence-corrected chi connectivity index (χ1v) is 7.80.